The van der Waals surface area contributed by atoms with Crippen molar-refractivity contribution in [3.05, 3.63) is 45.6 Å². The van der Waals surface area contributed by atoms with Crippen LogP contribution in [0.2, 0.25) is 0 Å². The van der Waals surface area contributed by atoms with E-state index in [2.05, 4.69) is 31.1 Å². The molecule has 31 heavy (non-hydrogen) atoms. The third-order valence-corrected chi connectivity index (χ3v) is 5.36. The smallest absolute Gasteiger partial charge is 0.234 e. The van der Waals surface area contributed by atoms with Crippen LogP contribution in [0.4, 0.5) is 11.4 Å². The zero-order valence-electron chi connectivity index (χ0n) is 16.7. The molecule has 0 spiro atoms. The van der Waals surface area contributed by atoms with Crippen molar-refractivity contribution < 1.29 is 29.9 Å². The number of rotatable bonds is 5. The van der Waals surface area contributed by atoms with Gasteiger partial charge in [-0.2, -0.15) is 10.4 Å². The van der Waals surface area contributed by atoms with Crippen molar-refractivity contribution in [3.8, 4) is 11.9 Å². The summed E-state index contributed by atoms with van der Waals surface area (Å²) in [6, 6.07) is 9.18. The first-order valence-electron chi connectivity index (χ1n) is 9.32. The lowest BCUT2D eigenvalue weighted by atomic mass is 9.99. The predicted octanol–water partition coefficient (Wildman–Crippen LogP) is 1.93. The third kappa shape index (κ3) is 4.90. The maximum absolute atomic E-state index is 10.2. The number of nitrogens with zero attached hydrogens (tertiary/aromatic N) is 4. The fourth-order valence-electron chi connectivity index (χ4n) is 3.07. The van der Waals surface area contributed by atoms with Gasteiger partial charge in [-0.3, -0.25) is 0 Å². The van der Waals surface area contributed by atoms with Crippen molar-refractivity contribution >= 4 is 27.3 Å². The van der Waals surface area contributed by atoms with E-state index < -0.39 is 37.3 Å². The van der Waals surface area contributed by atoms with Gasteiger partial charge in [0.15, 0.2) is 0 Å². The van der Waals surface area contributed by atoms with Crippen molar-refractivity contribution in [2.45, 2.75) is 44.6 Å². The van der Waals surface area contributed by atoms with Gasteiger partial charge in [-0.1, -0.05) is 15.9 Å². The number of ether oxygens (including phenoxy) is 2. The maximum atomic E-state index is 10.2. The van der Waals surface area contributed by atoms with Gasteiger partial charge in [-0.25, -0.2) is 4.98 Å². The van der Waals surface area contributed by atoms with E-state index in [1.807, 2.05) is 18.2 Å². The minimum atomic E-state index is -1.62. The SMILES string of the molecule is Cc1nc(O[C@@H]2O[C@H](CO)[C@@H](O)[C@H](O)[C@H]2O)c(C#N)c(C)c1N=Nc1ccc(Br)cc1. The lowest BCUT2D eigenvalue weighted by Crippen LogP contribution is -2.60. The Bertz CT molecular complexity index is 1010. The van der Waals surface area contributed by atoms with Crippen molar-refractivity contribution in [1.29, 1.82) is 5.26 Å². The highest BCUT2D eigenvalue weighted by Gasteiger charge is 2.45. The number of pyridine rings is 1. The van der Waals surface area contributed by atoms with Gasteiger partial charge < -0.3 is 29.9 Å². The Morgan fingerprint density at radius 2 is 1.81 bits per heavy atom. The predicted molar refractivity (Wildman–Crippen MR) is 111 cm³/mol. The summed E-state index contributed by atoms with van der Waals surface area (Å²) in [6.07, 6.45) is -7.35. The average Bonchev–Trinajstić information content (AvgIpc) is 2.75. The summed E-state index contributed by atoms with van der Waals surface area (Å²) in [6.45, 7) is 2.71. The van der Waals surface area contributed by atoms with Crippen LogP contribution in [0.25, 0.3) is 0 Å². The Labute approximate surface area is 186 Å². The van der Waals surface area contributed by atoms with E-state index in [1.165, 1.54) is 0 Å². The molecule has 1 fully saturated rings. The molecule has 10 nitrogen and oxygen atoms in total. The number of nitriles is 1. The second kappa shape index (κ2) is 9.78. The third-order valence-electron chi connectivity index (χ3n) is 4.84. The standard InChI is InChI=1S/C20H21BrN4O6/c1-9-13(7-22)19(31-20-18(29)17(28)16(27)14(8-26)30-20)23-10(2)15(9)25-24-12-5-3-11(21)4-6-12/h3-6,14,16-18,20,26-29H,8H2,1-2H3/t14-,16-,17+,18-,20+/m1/s1. The molecule has 0 aliphatic carbocycles. The van der Waals surface area contributed by atoms with Crippen LogP contribution in [0.5, 0.6) is 5.88 Å². The van der Waals surface area contributed by atoms with Gasteiger partial charge in [-0.05, 0) is 38.1 Å². The lowest BCUT2D eigenvalue weighted by molar-refractivity contribution is -0.278. The van der Waals surface area contributed by atoms with Gasteiger partial charge in [0.2, 0.25) is 12.2 Å². The fourth-order valence-corrected chi connectivity index (χ4v) is 3.33. The number of hydrogen-bond donors (Lipinski definition) is 4. The Morgan fingerprint density at radius 1 is 1.13 bits per heavy atom. The van der Waals surface area contributed by atoms with Crippen molar-refractivity contribution in [2.75, 3.05) is 6.61 Å². The van der Waals surface area contributed by atoms with Crippen LogP contribution in [0, 0.1) is 25.2 Å². The largest absolute Gasteiger partial charge is 0.444 e. The van der Waals surface area contributed by atoms with Crippen LogP contribution in [0.1, 0.15) is 16.8 Å². The van der Waals surface area contributed by atoms with Crippen molar-refractivity contribution in [2.24, 2.45) is 10.2 Å². The van der Waals surface area contributed by atoms with Gasteiger partial charge in [-0.15, -0.1) is 5.11 Å². The molecule has 0 radical (unpaired) electrons. The summed E-state index contributed by atoms with van der Waals surface area (Å²) in [5.41, 5.74) is 1.92. The molecule has 2 heterocycles. The number of halogens is 1. The molecule has 1 aromatic carbocycles. The van der Waals surface area contributed by atoms with Crippen LogP contribution in [-0.4, -0.2) is 62.7 Å². The van der Waals surface area contributed by atoms with Crippen molar-refractivity contribution in [3.63, 3.8) is 0 Å². The molecule has 11 heteroatoms. The van der Waals surface area contributed by atoms with Gasteiger partial charge in [0.25, 0.3) is 0 Å². The van der Waals surface area contributed by atoms with E-state index in [9.17, 15) is 25.7 Å². The number of benzene rings is 1. The van der Waals surface area contributed by atoms with E-state index in [0.29, 0.717) is 22.6 Å². The van der Waals surface area contributed by atoms with E-state index in [1.54, 1.807) is 26.0 Å². The number of azo groups is 1. The zero-order valence-corrected chi connectivity index (χ0v) is 18.3. The van der Waals surface area contributed by atoms with Gasteiger partial charge in [0.05, 0.1) is 18.0 Å². The normalized spacial score (nSPS) is 26.1. The highest BCUT2D eigenvalue weighted by molar-refractivity contribution is 9.10. The number of aliphatic hydroxyl groups is 4. The quantitative estimate of drug-likeness (QED) is 0.460. The number of aryl methyl sites for hydroxylation is 1. The number of aliphatic hydroxyl groups excluding tert-OH is 4. The fraction of sp³-hybridized carbons (Fsp3) is 0.400. The van der Waals surface area contributed by atoms with Crippen molar-refractivity contribution in [1.82, 2.24) is 4.98 Å². The molecule has 1 aromatic heterocycles. The Balaban J connectivity index is 1.90. The summed E-state index contributed by atoms with van der Waals surface area (Å²) >= 11 is 3.35. The Morgan fingerprint density at radius 3 is 2.42 bits per heavy atom. The Kier molecular flexibility index (Phi) is 7.32. The molecule has 0 bridgehead atoms. The molecule has 2 aromatic rings. The summed E-state index contributed by atoms with van der Waals surface area (Å²) < 4.78 is 11.8. The van der Waals surface area contributed by atoms with Crippen LogP contribution in [-0.2, 0) is 4.74 Å². The van der Waals surface area contributed by atoms with E-state index >= 15 is 0 Å². The zero-order chi connectivity index (χ0) is 22.7. The van der Waals surface area contributed by atoms with Gasteiger partial charge in [0, 0.05) is 10.0 Å². The van der Waals surface area contributed by atoms with Crippen LogP contribution >= 0.6 is 15.9 Å². The molecule has 0 unspecified atom stereocenters. The highest BCUT2D eigenvalue weighted by atomic mass is 79.9. The van der Waals surface area contributed by atoms with E-state index in [-0.39, 0.29) is 11.4 Å². The number of hydrogen-bond acceptors (Lipinski definition) is 10. The van der Waals surface area contributed by atoms with Gasteiger partial charge >= 0.3 is 0 Å². The average molecular weight is 493 g/mol. The molecular formula is C20H21BrN4O6. The second-order valence-corrected chi connectivity index (χ2v) is 7.87. The highest BCUT2D eigenvalue weighted by Crippen LogP contribution is 2.34. The summed E-state index contributed by atoms with van der Waals surface area (Å²) in [4.78, 5) is 4.25. The molecule has 1 aliphatic rings. The molecule has 1 saturated heterocycles. The number of aromatic nitrogens is 1. The monoisotopic (exact) mass is 492 g/mol. The first-order chi connectivity index (χ1) is 14.8. The van der Waals surface area contributed by atoms with Crippen LogP contribution in [0.3, 0.4) is 0 Å². The van der Waals surface area contributed by atoms with E-state index in [0.717, 1.165) is 4.47 Å². The summed E-state index contributed by atoms with van der Waals surface area (Å²) in [5.74, 6) is -0.135. The van der Waals surface area contributed by atoms with E-state index in [4.69, 9.17) is 9.47 Å². The second-order valence-electron chi connectivity index (χ2n) is 6.95. The topological polar surface area (TPSA) is 161 Å². The summed E-state index contributed by atoms with van der Waals surface area (Å²) in [5, 5.41) is 57.3. The van der Waals surface area contributed by atoms with Crippen LogP contribution < -0.4 is 4.74 Å². The molecule has 164 valence electrons. The first kappa shape index (κ1) is 23.2. The molecule has 1 aliphatic heterocycles. The molecular weight excluding hydrogens is 472 g/mol. The maximum Gasteiger partial charge on any atom is 0.234 e. The van der Waals surface area contributed by atoms with Crippen LogP contribution in [0.15, 0.2) is 39.0 Å². The molecule has 5 atom stereocenters. The molecule has 0 amide bonds. The molecule has 3 rings (SSSR count). The minimum Gasteiger partial charge on any atom is -0.444 e. The molecule has 0 saturated carbocycles. The Hall–Kier alpha value is -2.46. The van der Waals surface area contributed by atoms with Gasteiger partial charge in [0.1, 0.15) is 41.7 Å². The molecule has 4 N–H and O–H groups in total. The minimum absolute atomic E-state index is 0.0484. The lowest BCUT2D eigenvalue weighted by Gasteiger charge is -2.39. The first-order valence-corrected chi connectivity index (χ1v) is 10.1. The summed E-state index contributed by atoms with van der Waals surface area (Å²) in [7, 11) is 0.